The van der Waals surface area contributed by atoms with Gasteiger partial charge in [-0.3, -0.25) is 14.4 Å². The van der Waals surface area contributed by atoms with Crippen molar-refractivity contribution in [2.24, 2.45) is 11.8 Å². The number of carbonyl (C=O) groups is 3. The Balaban J connectivity index is 1.71. The van der Waals surface area contributed by atoms with Gasteiger partial charge in [0.2, 0.25) is 11.8 Å². The van der Waals surface area contributed by atoms with Gasteiger partial charge in [-0.1, -0.05) is 37.6 Å². The number of ether oxygens (including phenoxy) is 2. The Morgan fingerprint density at radius 1 is 1.09 bits per heavy atom. The third kappa shape index (κ3) is 3.88. The van der Waals surface area contributed by atoms with Crippen LogP contribution in [0.2, 0.25) is 0 Å². The number of cyclic esters (lactones) is 1. The molecule has 176 valence electrons. The molecule has 2 amide bonds. The molecule has 8 heteroatoms. The highest BCUT2D eigenvalue weighted by Crippen LogP contribution is 2.53. The SMILES string of the molecule is CCCCN1CC=CC23O[C@@H]4C=CCCOC(=O)C4[C@H]2C(=O)N(CCCCCO)[C@@H]3C1=O. The van der Waals surface area contributed by atoms with Crippen LogP contribution in [-0.2, 0) is 23.9 Å². The summed E-state index contributed by atoms with van der Waals surface area (Å²) < 4.78 is 11.9. The average Bonchev–Trinajstić information content (AvgIpc) is 3.15. The zero-order chi connectivity index (χ0) is 22.7. The Labute approximate surface area is 189 Å². The predicted molar refractivity (Wildman–Crippen MR) is 116 cm³/mol. The molecule has 0 bridgehead atoms. The molecule has 0 aromatic heterocycles. The van der Waals surface area contributed by atoms with Crippen LogP contribution in [0.25, 0.3) is 0 Å². The third-order valence-electron chi connectivity index (χ3n) is 7.04. The third-order valence-corrected chi connectivity index (χ3v) is 7.04. The first-order chi connectivity index (χ1) is 15.5. The molecule has 4 aliphatic rings. The standard InChI is InChI=1S/C24H34N2O6/c1-2-3-12-25-13-9-11-24-19(18-17(32-24)10-5-8-16-31-23(18)30)21(28)26(20(24)22(25)29)14-6-4-7-15-27/h5,9-11,17-20,27H,2-4,6-8,12-16H2,1H3/t17-,18?,19+,20-,24?/m1/s1. The molecular weight excluding hydrogens is 412 g/mol. The van der Waals surface area contributed by atoms with Crippen molar-refractivity contribution >= 4 is 17.8 Å². The fourth-order valence-electron chi connectivity index (χ4n) is 5.51. The lowest BCUT2D eigenvalue weighted by molar-refractivity contribution is -0.155. The van der Waals surface area contributed by atoms with Crippen LogP contribution in [0, 0.1) is 11.8 Å². The van der Waals surface area contributed by atoms with E-state index >= 15 is 0 Å². The Morgan fingerprint density at radius 3 is 2.72 bits per heavy atom. The molecule has 0 aromatic rings. The molecule has 5 atom stereocenters. The number of esters is 1. The van der Waals surface area contributed by atoms with Crippen molar-refractivity contribution < 1.29 is 29.0 Å². The van der Waals surface area contributed by atoms with E-state index in [-0.39, 0.29) is 25.0 Å². The minimum absolute atomic E-state index is 0.0987. The van der Waals surface area contributed by atoms with Crippen molar-refractivity contribution in [3.8, 4) is 0 Å². The number of amides is 2. The van der Waals surface area contributed by atoms with E-state index < -0.39 is 35.6 Å². The van der Waals surface area contributed by atoms with Crippen LogP contribution < -0.4 is 0 Å². The van der Waals surface area contributed by atoms with E-state index in [1.54, 1.807) is 9.80 Å². The first-order valence-electron chi connectivity index (χ1n) is 11.9. The molecule has 4 rings (SSSR count). The summed E-state index contributed by atoms with van der Waals surface area (Å²) in [6, 6.07) is -0.792. The Bertz CT molecular complexity index is 795. The lowest BCUT2D eigenvalue weighted by atomic mass is 9.77. The summed E-state index contributed by atoms with van der Waals surface area (Å²) >= 11 is 0. The van der Waals surface area contributed by atoms with Gasteiger partial charge in [0.15, 0.2) is 0 Å². The molecular formula is C24H34N2O6. The molecule has 0 aromatic carbocycles. The summed E-state index contributed by atoms with van der Waals surface area (Å²) in [6.45, 7) is 3.95. The van der Waals surface area contributed by atoms with E-state index in [0.29, 0.717) is 38.9 Å². The lowest BCUT2D eigenvalue weighted by Gasteiger charge is -2.35. The second kappa shape index (κ2) is 9.75. The molecule has 1 spiro atoms. The number of hydrogen-bond donors (Lipinski definition) is 1. The molecule has 2 unspecified atom stereocenters. The van der Waals surface area contributed by atoms with Crippen LogP contribution in [0.15, 0.2) is 24.3 Å². The fraction of sp³-hybridized carbons (Fsp3) is 0.708. The van der Waals surface area contributed by atoms with E-state index in [0.717, 1.165) is 19.3 Å². The summed E-state index contributed by atoms with van der Waals surface area (Å²) in [5.41, 5.74) is -1.17. The van der Waals surface area contributed by atoms with E-state index in [1.165, 1.54) is 0 Å². The van der Waals surface area contributed by atoms with Gasteiger partial charge in [0.25, 0.3) is 0 Å². The number of unbranched alkanes of at least 4 members (excludes halogenated alkanes) is 3. The highest BCUT2D eigenvalue weighted by molar-refractivity contribution is 5.99. The molecule has 2 fully saturated rings. The van der Waals surface area contributed by atoms with E-state index in [1.807, 2.05) is 24.3 Å². The smallest absolute Gasteiger partial charge is 0.312 e. The first-order valence-corrected chi connectivity index (χ1v) is 11.9. The Hall–Kier alpha value is -2.19. The number of fused-ring (bicyclic) bond motifs is 2. The molecule has 2 saturated heterocycles. The number of aliphatic hydroxyl groups excluding tert-OH is 1. The summed E-state index contributed by atoms with van der Waals surface area (Å²) in [5, 5.41) is 9.10. The van der Waals surface area contributed by atoms with Gasteiger partial charge in [0.05, 0.1) is 18.6 Å². The van der Waals surface area contributed by atoms with Gasteiger partial charge in [0, 0.05) is 26.2 Å². The number of likely N-dealkylation sites (tertiary alicyclic amines) is 1. The zero-order valence-electron chi connectivity index (χ0n) is 18.8. The van der Waals surface area contributed by atoms with Gasteiger partial charge in [-0.15, -0.1) is 0 Å². The molecule has 1 N–H and O–H groups in total. The predicted octanol–water partition coefficient (Wildman–Crippen LogP) is 1.43. The average molecular weight is 447 g/mol. The normalized spacial score (nSPS) is 34.0. The van der Waals surface area contributed by atoms with Crippen molar-refractivity contribution in [3.05, 3.63) is 24.3 Å². The van der Waals surface area contributed by atoms with Gasteiger partial charge < -0.3 is 24.4 Å². The van der Waals surface area contributed by atoms with Crippen molar-refractivity contribution in [3.63, 3.8) is 0 Å². The van der Waals surface area contributed by atoms with Crippen LogP contribution in [0.1, 0.15) is 45.4 Å². The quantitative estimate of drug-likeness (QED) is 0.344. The van der Waals surface area contributed by atoms with Crippen LogP contribution in [0.4, 0.5) is 0 Å². The monoisotopic (exact) mass is 446 g/mol. The van der Waals surface area contributed by atoms with E-state index in [4.69, 9.17) is 14.6 Å². The zero-order valence-corrected chi connectivity index (χ0v) is 18.8. The van der Waals surface area contributed by atoms with Crippen LogP contribution in [0.3, 0.4) is 0 Å². The number of carbonyl (C=O) groups excluding carboxylic acids is 3. The van der Waals surface area contributed by atoms with E-state index in [9.17, 15) is 14.4 Å². The number of aliphatic hydroxyl groups is 1. The van der Waals surface area contributed by atoms with Crippen molar-refractivity contribution in [2.75, 3.05) is 32.8 Å². The number of rotatable bonds is 8. The van der Waals surface area contributed by atoms with Crippen molar-refractivity contribution in [1.29, 1.82) is 0 Å². The highest BCUT2D eigenvalue weighted by Gasteiger charge is 2.71. The van der Waals surface area contributed by atoms with Gasteiger partial charge in [-0.2, -0.15) is 0 Å². The van der Waals surface area contributed by atoms with Gasteiger partial charge in [0.1, 0.15) is 17.6 Å². The molecule has 32 heavy (non-hydrogen) atoms. The largest absolute Gasteiger partial charge is 0.465 e. The van der Waals surface area contributed by atoms with E-state index in [2.05, 4.69) is 6.92 Å². The maximum Gasteiger partial charge on any atom is 0.312 e. The maximum absolute atomic E-state index is 13.8. The number of nitrogens with zero attached hydrogens (tertiary/aromatic N) is 2. The minimum Gasteiger partial charge on any atom is -0.465 e. The Morgan fingerprint density at radius 2 is 1.94 bits per heavy atom. The summed E-state index contributed by atoms with van der Waals surface area (Å²) in [4.78, 5) is 43.9. The molecule has 0 saturated carbocycles. The molecule has 4 aliphatic heterocycles. The number of hydrogen-bond acceptors (Lipinski definition) is 6. The molecule has 4 heterocycles. The lowest BCUT2D eigenvalue weighted by Crippen LogP contribution is -2.55. The summed E-state index contributed by atoms with van der Waals surface area (Å²) in [6.07, 6.45) is 11.5. The van der Waals surface area contributed by atoms with Crippen molar-refractivity contribution in [2.45, 2.75) is 63.2 Å². The fourth-order valence-corrected chi connectivity index (χ4v) is 5.51. The van der Waals surface area contributed by atoms with Crippen LogP contribution in [0.5, 0.6) is 0 Å². The maximum atomic E-state index is 13.8. The molecule has 0 radical (unpaired) electrons. The first kappa shape index (κ1) is 23.0. The van der Waals surface area contributed by atoms with Gasteiger partial charge in [-0.05, 0) is 32.1 Å². The second-order valence-electron chi connectivity index (χ2n) is 9.08. The molecule has 8 nitrogen and oxygen atoms in total. The summed E-state index contributed by atoms with van der Waals surface area (Å²) in [5.74, 6) is -2.30. The second-order valence-corrected chi connectivity index (χ2v) is 9.08. The van der Waals surface area contributed by atoms with Crippen LogP contribution in [-0.4, -0.2) is 83.3 Å². The van der Waals surface area contributed by atoms with Crippen molar-refractivity contribution in [1.82, 2.24) is 9.80 Å². The minimum atomic E-state index is -1.17. The highest BCUT2D eigenvalue weighted by atomic mass is 16.6. The molecule has 0 aliphatic carbocycles. The van der Waals surface area contributed by atoms with Gasteiger partial charge >= 0.3 is 5.97 Å². The summed E-state index contributed by atoms with van der Waals surface area (Å²) in [7, 11) is 0. The topological polar surface area (TPSA) is 96.4 Å². The Kier molecular flexibility index (Phi) is 7.00. The van der Waals surface area contributed by atoms with Crippen LogP contribution >= 0.6 is 0 Å². The van der Waals surface area contributed by atoms with Gasteiger partial charge in [-0.25, -0.2) is 0 Å².